The van der Waals surface area contributed by atoms with Gasteiger partial charge in [0.15, 0.2) is 0 Å². The molecule has 18 heavy (non-hydrogen) atoms. The molecule has 3 rings (SSSR count). The predicted octanol–water partition coefficient (Wildman–Crippen LogP) is 4.93. The SMILES string of the molecule is Cc1c(Br)cccc1N1Cc2ccc(Cl)cc2C1. The van der Waals surface area contributed by atoms with Gasteiger partial charge in [0, 0.05) is 28.3 Å². The summed E-state index contributed by atoms with van der Waals surface area (Å²) in [5, 5.41) is 0.821. The molecule has 0 aromatic heterocycles. The Bertz CT molecular complexity index is 609. The Morgan fingerprint density at radius 3 is 2.72 bits per heavy atom. The standard InChI is InChI=1S/C15H13BrClN/c1-10-14(16)3-2-4-15(10)18-8-11-5-6-13(17)7-12(11)9-18/h2-7H,8-9H2,1H3. The monoisotopic (exact) mass is 321 g/mol. The van der Waals surface area contributed by atoms with Crippen LogP contribution in [0.1, 0.15) is 16.7 Å². The minimum absolute atomic E-state index is 0.821. The van der Waals surface area contributed by atoms with Gasteiger partial charge in [0.1, 0.15) is 0 Å². The highest BCUT2D eigenvalue weighted by atomic mass is 79.9. The third-order valence-electron chi connectivity index (χ3n) is 3.47. The molecule has 1 aliphatic rings. The molecule has 0 radical (unpaired) electrons. The molecule has 0 fully saturated rings. The second-order valence-corrected chi connectivity index (χ2v) is 5.94. The van der Waals surface area contributed by atoms with Gasteiger partial charge in [0.25, 0.3) is 0 Å². The lowest BCUT2D eigenvalue weighted by Crippen LogP contribution is -2.15. The van der Waals surface area contributed by atoms with Gasteiger partial charge in [-0.1, -0.05) is 39.7 Å². The van der Waals surface area contributed by atoms with Gasteiger partial charge in [0.05, 0.1) is 0 Å². The number of hydrogen-bond donors (Lipinski definition) is 0. The number of nitrogens with zero attached hydrogens (tertiary/aromatic N) is 1. The van der Waals surface area contributed by atoms with E-state index in [9.17, 15) is 0 Å². The van der Waals surface area contributed by atoms with Crippen LogP contribution in [0.3, 0.4) is 0 Å². The van der Waals surface area contributed by atoms with Gasteiger partial charge in [0.2, 0.25) is 0 Å². The first-order valence-electron chi connectivity index (χ1n) is 5.92. The van der Waals surface area contributed by atoms with Crippen molar-refractivity contribution < 1.29 is 0 Å². The van der Waals surface area contributed by atoms with Crippen molar-refractivity contribution in [3.05, 3.63) is 62.6 Å². The van der Waals surface area contributed by atoms with Crippen molar-refractivity contribution in [2.75, 3.05) is 4.90 Å². The molecule has 1 aliphatic heterocycles. The molecule has 0 spiro atoms. The Morgan fingerprint density at radius 1 is 1.11 bits per heavy atom. The molecule has 92 valence electrons. The van der Waals surface area contributed by atoms with E-state index >= 15 is 0 Å². The first-order chi connectivity index (χ1) is 8.65. The van der Waals surface area contributed by atoms with E-state index in [1.165, 1.54) is 22.4 Å². The van der Waals surface area contributed by atoms with Crippen LogP contribution in [0.2, 0.25) is 5.02 Å². The summed E-state index contributed by atoms with van der Waals surface area (Å²) in [6, 6.07) is 12.5. The summed E-state index contributed by atoms with van der Waals surface area (Å²) >= 11 is 9.64. The fourth-order valence-corrected chi connectivity index (χ4v) is 3.02. The van der Waals surface area contributed by atoms with Crippen molar-refractivity contribution in [2.24, 2.45) is 0 Å². The summed E-state index contributed by atoms with van der Waals surface area (Å²) in [7, 11) is 0. The number of hydrogen-bond acceptors (Lipinski definition) is 1. The quantitative estimate of drug-likeness (QED) is 0.719. The predicted molar refractivity (Wildman–Crippen MR) is 80.2 cm³/mol. The number of anilines is 1. The Morgan fingerprint density at radius 2 is 1.89 bits per heavy atom. The van der Waals surface area contributed by atoms with Crippen LogP contribution >= 0.6 is 27.5 Å². The van der Waals surface area contributed by atoms with E-state index in [4.69, 9.17) is 11.6 Å². The second kappa shape index (κ2) is 4.60. The molecule has 2 aromatic rings. The van der Waals surface area contributed by atoms with Crippen molar-refractivity contribution in [1.82, 2.24) is 0 Å². The number of halogens is 2. The number of benzene rings is 2. The van der Waals surface area contributed by atoms with Crippen LogP contribution in [-0.4, -0.2) is 0 Å². The third kappa shape index (κ3) is 2.04. The van der Waals surface area contributed by atoms with E-state index in [1.807, 2.05) is 6.07 Å². The number of rotatable bonds is 1. The zero-order chi connectivity index (χ0) is 12.7. The van der Waals surface area contributed by atoms with Gasteiger partial charge >= 0.3 is 0 Å². The third-order valence-corrected chi connectivity index (χ3v) is 4.56. The lowest BCUT2D eigenvalue weighted by atomic mass is 10.1. The molecule has 0 bridgehead atoms. The molecular formula is C15H13BrClN. The fraction of sp³-hybridized carbons (Fsp3) is 0.200. The Balaban J connectivity index is 1.96. The van der Waals surface area contributed by atoms with Gasteiger partial charge in [-0.15, -0.1) is 0 Å². The highest BCUT2D eigenvalue weighted by Crippen LogP contribution is 2.34. The maximum atomic E-state index is 6.05. The zero-order valence-corrected chi connectivity index (χ0v) is 12.4. The van der Waals surface area contributed by atoms with Crippen molar-refractivity contribution in [1.29, 1.82) is 0 Å². The minimum atomic E-state index is 0.821. The molecule has 3 heteroatoms. The first kappa shape index (κ1) is 12.1. The zero-order valence-electron chi connectivity index (χ0n) is 10.1. The molecule has 0 amide bonds. The fourth-order valence-electron chi connectivity index (χ4n) is 2.47. The van der Waals surface area contributed by atoms with E-state index in [0.717, 1.165) is 22.6 Å². The average Bonchev–Trinajstić information content (AvgIpc) is 2.75. The molecule has 0 saturated heterocycles. The first-order valence-corrected chi connectivity index (χ1v) is 7.09. The van der Waals surface area contributed by atoms with Crippen molar-refractivity contribution in [3.8, 4) is 0 Å². The van der Waals surface area contributed by atoms with Crippen LogP contribution in [0, 0.1) is 6.92 Å². The Kier molecular flexibility index (Phi) is 3.08. The highest BCUT2D eigenvalue weighted by Gasteiger charge is 2.20. The van der Waals surface area contributed by atoms with E-state index in [0.29, 0.717) is 0 Å². The van der Waals surface area contributed by atoms with Crippen LogP contribution in [0.4, 0.5) is 5.69 Å². The lowest BCUT2D eigenvalue weighted by Gasteiger charge is -2.20. The Hall–Kier alpha value is -0.990. The van der Waals surface area contributed by atoms with Crippen LogP contribution < -0.4 is 4.90 Å². The van der Waals surface area contributed by atoms with Gasteiger partial charge in [-0.05, 0) is 47.9 Å². The lowest BCUT2D eigenvalue weighted by molar-refractivity contribution is 0.874. The largest absolute Gasteiger partial charge is 0.363 e. The minimum Gasteiger partial charge on any atom is -0.363 e. The molecule has 2 aromatic carbocycles. The highest BCUT2D eigenvalue weighted by molar-refractivity contribution is 9.10. The Labute approximate surface area is 121 Å². The smallest absolute Gasteiger partial charge is 0.0437 e. The van der Waals surface area contributed by atoms with E-state index < -0.39 is 0 Å². The van der Waals surface area contributed by atoms with Gasteiger partial charge < -0.3 is 4.90 Å². The van der Waals surface area contributed by atoms with Crippen molar-refractivity contribution in [3.63, 3.8) is 0 Å². The summed E-state index contributed by atoms with van der Waals surface area (Å²) in [5.74, 6) is 0. The molecule has 0 N–H and O–H groups in total. The molecule has 0 aliphatic carbocycles. The van der Waals surface area contributed by atoms with Gasteiger partial charge in [-0.2, -0.15) is 0 Å². The molecule has 1 nitrogen and oxygen atoms in total. The summed E-state index contributed by atoms with van der Waals surface area (Å²) in [6.45, 7) is 4.05. The van der Waals surface area contributed by atoms with Gasteiger partial charge in [-0.25, -0.2) is 0 Å². The van der Waals surface area contributed by atoms with E-state index in [1.54, 1.807) is 0 Å². The maximum Gasteiger partial charge on any atom is 0.0437 e. The summed E-state index contributed by atoms with van der Waals surface area (Å²) in [4.78, 5) is 2.39. The normalized spacial score (nSPS) is 13.8. The maximum absolute atomic E-state index is 6.05. The van der Waals surface area contributed by atoms with E-state index in [-0.39, 0.29) is 0 Å². The summed E-state index contributed by atoms with van der Waals surface area (Å²) in [5.41, 5.74) is 5.29. The van der Waals surface area contributed by atoms with Crippen LogP contribution in [-0.2, 0) is 13.1 Å². The molecular weight excluding hydrogens is 310 g/mol. The van der Waals surface area contributed by atoms with Crippen LogP contribution in [0.5, 0.6) is 0 Å². The second-order valence-electron chi connectivity index (χ2n) is 4.65. The van der Waals surface area contributed by atoms with E-state index in [2.05, 4.69) is 58.1 Å². The molecule has 0 saturated carbocycles. The topological polar surface area (TPSA) is 3.24 Å². The van der Waals surface area contributed by atoms with Crippen molar-refractivity contribution >= 4 is 33.2 Å². The summed E-state index contributed by atoms with van der Waals surface area (Å²) < 4.78 is 1.16. The van der Waals surface area contributed by atoms with Crippen LogP contribution in [0.15, 0.2) is 40.9 Å². The molecule has 0 atom stereocenters. The molecule has 0 unspecified atom stereocenters. The number of fused-ring (bicyclic) bond motifs is 1. The van der Waals surface area contributed by atoms with Crippen molar-refractivity contribution in [2.45, 2.75) is 20.0 Å². The van der Waals surface area contributed by atoms with Crippen LogP contribution in [0.25, 0.3) is 0 Å². The average molecular weight is 323 g/mol. The summed E-state index contributed by atoms with van der Waals surface area (Å²) in [6.07, 6.45) is 0. The van der Waals surface area contributed by atoms with Gasteiger partial charge in [-0.3, -0.25) is 0 Å². The molecule has 1 heterocycles.